The molecule has 0 bridgehead atoms. The molecule has 1 aliphatic heterocycles. The summed E-state index contributed by atoms with van der Waals surface area (Å²) in [4.78, 5) is 14.0. The van der Waals surface area contributed by atoms with Gasteiger partial charge in [-0.15, -0.1) is 0 Å². The van der Waals surface area contributed by atoms with Crippen LogP contribution in [0.3, 0.4) is 0 Å². The lowest BCUT2D eigenvalue weighted by molar-refractivity contribution is 0.0527. The first-order chi connectivity index (χ1) is 9.15. The van der Waals surface area contributed by atoms with Crippen molar-refractivity contribution in [2.45, 2.75) is 19.4 Å². The summed E-state index contributed by atoms with van der Waals surface area (Å²) in [5, 5.41) is 0. The molecule has 0 saturated carbocycles. The fourth-order valence-corrected chi connectivity index (χ4v) is 3.54. The number of nitrogens with two attached hydrogens (primary N) is 1. The second-order valence-corrected chi connectivity index (χ2v) is 5.74. The monoisotopic (exact) mass is 280 g/mol. The maximum absolute atomic E-state index is 11.8. The molecule has 1 saturated heterocycles. The van der Waals surface area contributed by atoms with Crippen molar-refractivity contribution in [3.63, 3.8) is 0 Å². The summed E-state index contributed by atoms with van der Waals surface area (Å²) in [6.45, 7) is 2.15. The van der Waals surface area contributed by atoms with Gasteiger partial charge in [0.25, 0.3) is 0 Å². The highest BCUT2D eigenvalue weighted by molar-refractivity contribution is 7.99. The quantitative estimate of drug-likeness (QED) is 0.678. The van der Waals surface area contributed by atoms with E-state index in [1.807, 2.05) is 30.9 Å². The Kier molecular flexibility index (Phi) is 4.58. The minimum absolute atomic E-state index is 0.351. The number of benzene rings is 1. The van der Waals surface area contributed by atoms with Crippen molar-refractivity contribution in [1.29, 1.82) is 0 Å². The molecule has 2 rings (SSSR count). The maximum atomic E-state index is 11.8. The minimum atomic E-state index is -0.351. The Bertz CT molecular complexity index is 459. The number of ether oxygens (including phenoxy) is 1. The van der Waals surface area contributed by atoms with E-state index in [0.29, 0.717) is 23.9 Å². The number of nitrogen functional groups attached to an aromatic ring is 1. The Morgan fingerprint density at radius 2 is 2.37 bits per heavy atom. The van der Waals surface area contributed by atoms with Gasteiger partial charge in [0.2, 0.25) is 0 Å². The van der Waals surface area contributed by atoms with Crippen LogP contribution in [0, 0.1) is 0 Å². The van der Waals surface area contributed by atoms with Gasteiger partial charge in [0.05, 0.1) is 23.5 Å². The van der Waals surface area contributed by atoms with Gasteiger partial charge in [-0.1, -0.05) is 6.07 Å². The molecule has 0 amide bonds. The Labute approximate surface area is 118 Å². The number of carbonyl (C=O) groups excluding carboxylic acids is 1. The second-order valence-electron chi connectivity index (χ2n) is 4.59. The van der Waals surface area contributed by atoms with Gasteiger partial charge in [-0.2, -0.15) is 11.8 Å². The van der Waals surface area contributed by atoms with E-state index in [9.17, 15) is 4.79 Å². The van der Waals surface area contributed by atoms with E-state index in [-0.39, 0.29) is 5.97 Å². The summed E-state index contributed by atoms with van der Waals surface area (Å²) in [5.41, 5.74) is 8.02. The van der Waals surface area contributed by atoms with E-state index in [0.717, 1.165) is 17.9 Å². The SMILES string of the molecule is CCOC(=O)c1cccc(N(C)C2CCSC2)c1N. The standard InChI is InChI=1S/C14H20N2O2S/c1-3-18-14(17)11-5-4-6-12(13(11)15)16(2)10-7-8-19-9-10/h4-6,10H,3,7-9,15H2,1-2H3. The average Bonchev–Trinajstić information content (AvgIpc) is 2.92. The number of rotatable bonds is 4. The molecule has 2 N–H and O–H groups in total. The predicted molar refractivity (Wildman–Crippen MR) is 80.9 cm³/mol. The Hall–Kier alpha value is -1.36. The van der Waals surface area contributed by atoms with Crippen LogP contribution < -0.4 is 10.6 Å². The first kappa shape index (κ1) is 14.1. The van der Waals surface area contributed by atoms with Crippen LogP contribution in [-0.2, 0) is 4.74 Å². The van der Waals surface area contributed by atoms with Crippen molar-refractivity contribution in [2.75, 3.05) is 35.8 Å². The predicted octanol–water partition coefficient (Wildman–Crippen LogP) is 2.39. The molecule has 1 unspecified atom stereocenters. The van der Waals surface area contributed by atoms with Gasteiger partial charge >= 0.3 is 5.97 Å². The van der Waals surface area contributed by atoms with Crippen LogP contribution in [0.1, 0.15) is 23.7 Å². The van der Waals surface area contributed by atoms with Crippen LogP contribution in [0.25, 0.3) is 0 Å². The van der Waals surface area contributed by atoms with E-state index >= 15 is 0 Å². The summed E-state index contributed by atoms with van der Waals surface area (Å²) in [5.74, 6) is 1.95. The fraction of sp³-hybridized carbons (Fsp3) is 0.500. The topological polar surface area (TPSA) is 55.6 Å². The van der Waals surface area contributed by atoms with Gasteiger partial charge in [0.1, 0.15) is 0 Å². The zero-order valence-corrected chi connectivity index (χ0v) is 12.2. The molecule has 1 fully saturated rings. The molecule has 1 aliphatic rings. The second kappa shape index (κ2) is 6.19. The Morgan fingerprint density at radius 3 is 3.00 bits per heavy atom. The lowest BCUT2D eigenvalue weighted by atomic mass is 10.1. The molecular weight excluding hydrogens is 260 g/mol. The third kappa shape index (κ3) is 2.97. The highest BCUT2D eigenvalue weighted by Crippen LogP contribution is 2.31. The molecule has 1 atom stereocenters. The van der Waals surface area contributed by atoms with Crippen molar-refractivity contribution in [1.82, 2.24) is 0 Å². The molecular formula is C14H20N2O2S. The zero-order valence-electron chi connectivity index (χ0n) is 11.4. The van der Waals surface area contributed by atoms with E-state index in [1.165, 1.54) is 5.75 Å². The normalized spacial score (nSPS) is 18.3. The summed E-state index contributed by atoms with van der Waals surface area (Å²) >= 11 is 1.96. The number of hydrogen-bond acceptors (Lipinski definition) is 5. The molecule has 0 aromatic heterocycles. The van der Waals surface area contributed by atoms with Crippen molar-refractivity contribution in [3.8, 4) is 0 Å². The summed E-state index contributed by atoms with van der Waals surface area (Å²) in [7, 11) is 2.04. The number of para-hydroxylation sites is 1. The van der Waals surface area contributed by atoms with Gasteiger partial charge < -0.3 is 15.4 Å². The molecule has 1 aromatic rings. The van der Waals surface area contributed by atoms with Crippen LogP contribution in [-0.4, -0.2) is 37.2 Å². The third-order valence-electron chi connectivity index (χ3n) is 3.41. The van der Waals surface area contributed by atoms with Crippen molar-refractivity contribution >= 4 is 29.1 Å². The van der Waals surface area contributed by atoms with Crippen molar-refractivity contribution in [3.05, 3.63) is 23.8 Å². The van der Waals surface area contributed by atoms with E-state index in [4.69, 9.17) is 10.5 Å². The van der Waals surface area contributed by atoms with Gasteiger partial charge in [0.15, 0.2) is 0 Å². The molecule has 0 aliphatic carbocycles. The van der Waals surface area contributed by atoms with E-state index in [2.05, 4.69) is 4.90 Å². The van der Waals surface area contributed by atoms with Crippen molar-refractivity contribution in [2.24, 2.45) is 0 Å². The number of nitrogens with zero attached hydrogens (tertiary/aromatic N) is 1. The summed E-state index contributed by atoms with van der Waals surface area (Å²) < 4.78 is 5.03. The maximum Gasteiger partial charge on any atom is 0.340 e. The van der Waals surface area contributed by atoms with Crippen LogP contribution in [0.5, 0.6) is 0 Å². The van der Waals surface area contributed by atoms with Gasteiger partial charge in [-0.3, -0.25) is 0 Å². The number of thioether (sulfide) groups is 1. The molecule has 1 heterocycles. The highest BCUT2D eigenvalue weighted by Gasteiger charge is 2.23. The molecule has 0 radical (unpaired) electrons. The van der Waals surface area contributed by atoms with Gasteiger partial charge in [-0.25, -0.2) is 4.79 Å². The number of esters is 1. The first-order valence-electron chi connectivity index (χ1n) is 6.51. The smallest absolute Gasteiger partial charge is 0.340 e. The van der Waals surface area contributed by atoms with Crippen LogP contribution in [0.4, 0.5) is 11.4 Å². The molecule has 4 nitrogen and oxygen atoms in total. The van der Waals surface area contributed by atoms with E-state index in [1.54, 1.807) is 13.0 Å². The Morgan fingerprint density at radius 1 is 1.58 bits per heavy atom. The molecule has 5 heteroatoms. The van der Waals surface area contributed by atoms with Crippen LogP contribution in [0.2, 0.25) is 0 Å². The van der Waals surface area contributed by atoms with E-state index < -0.39 is 0 Å². The lowest BCUT2D eigenvalue weighted by Crippen LogP contribution is -2.32. The van der Waals surface area contributed by atoms with Gasteiger partial charge in [-0.05, 0) is 31.2 Å². The molecule has 0 spiro atoms. The summed E-state index contributed by atoms with van der Waals surface area (Å²) in [6.07, 6.45) is 1.16. The molecule has 19 heavy (non-hydrogen) atoms. The average molecular weight is 280 g/mol. The Balaban J connectivity index is 2.25. The number of hydrogen-bond donors (Lipinski definition) is 1. The summed E-state index contributed by atoms with van der Waals surface area (Å²) in [6, 6.07) is 6.02. The third-order valence-corrected chi connectivity index (χ3v) is 4.56. The largest absolute Gasteiger partial charge is 0.462 e. The number of carbonyl (C=O) groups is 1. The zero-order chi connectivity index (χ0) is 13.8. The fourth-order valence-electron chi connectivity index (χ4n) is 2.27. The van der Waals surface area contributed by atoms with Crippen LogP contribution >= 0.6 is 11.8 Å². The first-order valence-corrected chi connectivity index (χ1v) is 7.66. The van der Waals surface area contributed by atoms with Crippen molar-refractivity contribution < 1.29 is 9.53 Å². The van der Waals surface area contributed by atoms with Crippen LogP contribution in [0.15, 0.2) is 18.2 Å². The van der Waals surface area contributed by atoms with Gasteiger partial charge in [0, 0.05) is 18.8 Å². The molecule has 104 valence electrons. The number of anilines is 2. The minimum Gasteiger partial charge on any atom is -0.462 e. The molecule has 1 aromatic carbocycles. The lowest BCUT2D eigenvalue weighted by Gasteiger charge is -2.27. The highest BCUT2D eigenvalue weighted by atomic mass is 32.2.